The van der Waals surface area contributed by atoms with Crippen molar-refractivity contribution in [3.05, 3.63) is 47.5 Å². The molecule has 2 amide bonds. The Morgan fingerprint density at radius 3 is 2.16 bits per heavy atom. The molecule has 0 fully saturated rings. The Kier molecular flexibility index (Phi) is 3.77. The Labute approximate surface area is 115 Å². The monoisotopic (exact) mass is 276 g/mol. The second-order valence-electron chi connectivity index (χ2n) is 3.94. The van der Waals surface area contributed by atoms with Gasteiger partial charge in [0.15, 0.2) is 0 Å². The molecule has 6 N–H and O–H groups in total. The van der Waals surface area contributed by atoms with Gasteiger partial charge in [-0.3, -0.25) is 0 Å². The van der Waals surface area contributed by atoms with Crippen LogP contribution in [0.3, 0.4) is 0 Å². The molecule has 0 spiro atoms. The van der Waals surface area contributed by atoms with Crippen LogP contribution in [0.15, 0.2) is 42.5 Å². The standard InChI is InChI=1S/C13H13ClN4O/c14-11-7-10(5-6-12(11)16)18-13(19)17-9-3-1-8(15)2-4-9/h1-7H,15-16H2,(H2,17,18,19). The Bertz CT molecular complexity index is 598. The number of amides is 2. The number of hydrogen-bond donors (Lipinski definition) is 4. The van der Waals surface area contributed by atoms with Crippen LogP contribution >= 0.6 is 11.6 Å². The maximum Gasteiger partial charge on any atom is 0.323 e. The highest BCUT2D eigenvalue weighted by Crippen LogP contribution is 2.22. The second-order valence-corrected chi connectivity index (χ2v) is 4.34. The number of urea groups is 1. The zero-order valence-electron chi connectivity index (χ0n) is 9.98. The van der Waals surface area contributed by atoms with Crippen molar-refractivity contribution in [2.45, 2.75) is 0 Å². The van der Waals surface area contributed by atoms with Crippen molar-refractivity contribution < 1.29 is 4.79 Å². The van der Waals surface area contributed by atoms with Gasteiger partial charge in [0.25, 0.3) is 0 Å². The van der Waals surface area contributed by atoms with Gasteiger partial charge in [-0.25, -0.2) is 4.79 Å². The van der Waals surface area contributed by atoms with Crippen LogP contribution in [0, 0.1) is 0 Å². The molecule has 0 atom stereocenters. The Morgan fingerprint density at radius 1 is 0.947 bits per heavy atom. The summed E-state index contributed by atoms with van der Waals surface area (Å²) in [5.74, 6) is 0. The number of anilines is 4. The van der Waals surface area contributed by atoms with Crippen LogP contribution in [0.2, 0.25) is 5.02 Å². The van der Waals surface area contributed by atoms with Crippen molar-refractivity contribution in [2.75, 3.05) is 22.1 Å². The highest BCUT2D eigenvalue weighted by atomic mass is 35.5. The van der Waals surface area contributed by atoms with Crippen molar-refractivity contribution >= 4 is 40.4 Å². The number of carbonyl (C=O) groups excluding carboxylic acids is 1. The molecule has 0 aliphatic carbocycles. The van der Waals surface area contributed by atoms with E-state index in [2.05, 4.69) is 10.6 Å². The number of rotatable bonds is 2. The fourth-order valence-electron chi connectivity index (χ4n) is 1.46. The molecule has 5 nitrogen and oxygen atoms in total. The number of nitrogens with two attached hydrogens (primary N) is 2. The third kappa shape index (κ3) is 3.53. The Morgan fingerprint density at radius 2 is 1.53 bits per heavy atom. The minimum absolute atomic E-state index is 0.370. The summed E-state index contributed by atoms with van der Waals surface area (Å²) in [6.07, 6.45) is 0. The first kappa shape index (κ1) is 13.0. The first-order valence-electron chi connectivity index (χ1n) is 5.53. The molecular weight excluding hydrogens is 264 g/mol. The van der Waals surface area contributed by atoms with E-state index >= 15 is 0 Å². The normalized spacial score (nSPS) is 9.95. The summed E-state index contributed by atoms with van der Waals surface area (Å²) in [7, 11) is 0. The minimum atomic E-state index is -0.370. The summed E-state index contributed by atoms with van der Waals surface area (Å²) in [6, 6.07) is 11.3. The van der Waals surface area contributed by atoms with Crippen molar-refractivity contribution in [1.82, 2.24) is 0 Å². The van der Waals surface area contributed by atoms with Crippen LogP contribution < -0.4 is 22.1 Å². The lowest BCUT2D eigenvalue weighted by Crippen LogP contribution is -2.19. The van der Waals surface area contributed by atoms with Gasteiger partial charge in [-0.2, -0.15) is 0 Å². The summed E-state index contributed by atoms with van der Waals surface area (Å²) in [5, 5.41) is 5.72. The van der Waals surface area contributed by atoms with Gasteiger partial charge in [0, 0.05) is 17.1 Å². The summed E-state index contributed by atoms with van der Waals surface area (Å²) in [5.41, 5.74) is 13.5. The maximum absolute atomic E-state index is 11.7. The Hall–Kier alpha value is -2.40. The zero-order valence-corrected chi connectivity index (χ0v) is 10.7. The van der Waals surface area contributed by atoms with E-state index in [0.29, 0.717) is 27.8 Å². The molecule has 2 rings (SSSR count). The van der Waals surface area contributed by atoms with Gasteiger partial charge in [-0.15, -0.1) is 0 Å². The van der Waals surface area contributed by atoms with Crippen LogP contribution in [0.4, 0.5) is 27.5 Å². The summed E-state index contributed by atoms with van der Waals surface area (Å²) in [4.78, 5) is 11.7. The quantitative estimate of drug-likeness (QED) is 0.635. The number of benzene rings is 2. The van der Waals surface area contributed by atoms with E-state index in [0.717, 1.165) is 0 Å². The van der Waals surface area contributed by atoms with Gasteiger partial charge >= 0.3 is 6.03 Å². The number of hydrogen-bond acceptors (Lipinski definition) is 3. The highest BCUT2D eigenvalue weighted by molar-refractivity contribution is 6.33. The molecular formula is C13H13ClN4O. The smallest absolute Gasteiger partial charge is 0.323 e. The lowest BCUT2D eigenvalue weighted by molar-refractivity contribution is 0.262. The predicted octanol–water partition coefficient (Wildman–Crippen LogP) is 3.15. The van der Waals surface area contributed by atoms with Gasteiger partial charge in [-0.1, -0.05) is 11.6 Å². The number of nitrogen functional groups attached to an aromatic ring is 2. The summed E-state index contributed by atoms with van der Waals surface area (Å²) < 4.78 is 0. The molecule has 0 radical (unpaired) electrons. The molecule has 0 aliphatic rings. The largest absolute Gasteiger partial charge is 0.399 e. The summed E-state index contributed by atoms with van der Waals surface area (Å²) >= 11 is 5.86. The van der Waals surface area contributed by atoms with E-state index in [1.807, 2.05) is 0 Å². The number of halogens is 1. The average molecular weight is 277 g/mol. The molecule has 98 valence electrons. The van der Waals surface area contributed by atoms with Crippen molar-refractivity contribution in [2.24, 2.45) is 0 Å². The van der Waals surface area contributed by atoms with E-state index in [4.69, 9.17) is 23.1 Å². The van der Waals surface area contributed by atoms with Gasteiger partial charge in [0.1, 0.15) is 0 Å². The van der Waals surface area contributed by atoms with E-state index in [9.17, 15) is 4.79 Å². The van der Waals surface area contributed by atoms with Gasteiger partial charge in [0.05, 0.1) is 10.7 Å². The molecule has 0 bridgehead atoms. The van der Waals surface area contributed by atoms with E-state index in [1.165, 1.54) is 0 Å². The molecule has 6 heteroatoms. The van der Waals surface area contributed by atoms with Crippen LogP contribution in [-0.4, -0.2) is 6.03 Å². The molecule has 0 saturated carbocycles. The van der Waals surface area contributed by atoms with Crippen molar-refractivity contribution in [3.8, 4) is 0 Å². The van der Waals surface area contributed by atoms with Gasteiger partial charge in [-0.05, 0) is 42.5 Å². The molecule has 0 aliphatic heterocycles. The number of nitrogens with one attached hydrogen (secondary N) is 2. The predicted molar refractivity (Wildman–Crippen MR) is 79.4 cm³/mol. The fourth-order valence-corrected chi connectivity index (χ4v) is 1.65. The first-order chi connectivity index (χ1) is 9.04. The van der Waals surface area contributed by atoms with Crippen LogP contribution in [0.1, 0.15) is 0 Å². The highest BCUT2D eigenvalue weighted by Gasteiger charge is 2.04. The molecule has 0 aromatic heterocycles. The van der Waals surface area contributed by atoms with Gasteiger partial charge in [0.2, 0.25) is 0 Å². The third-order valence-corrected chi connectivity index (χ3v) is 2.75. The van der Waals surface area contributed by atoms with Crippen molar-refractivity contribution in [1.29, 1.82) is 0 Å². The average Bonchev–Trinajstić information content (AvgIpc) is 2.37. The molecule has 0 heterocycles. The molecule has 0 unspecified atom stereocenters. The van der Waals surface area contributed by atoms with Gasteiger partial charge < -0.3 is 22.1 Å². The molecule has 19 heavy (non-hydrogen) atoms. The lowest BCUT2D eigenvalue weighted by Gasteiger charge is -2.08. The molecule has 2 aromatic rings. The zero-order chi connectivity index (χ0) is 13.8. The summed E-state index contributed by atoms with van der Waals surface area (Å²) in [6.45, 7) is 0. The molecule has 2 aromatic carbocycles. The maximum atomic E-state index is 11.7. The fraction of sp³-hybridized carbons (Fsp3) is 0. The number of carbonyl (C=O) groups is 1. The SMILES string of the molecule is Nc1ccc(NC(=O)Nc2ccc(N)c(Cl)c2)cc1. The first-order valence-corrected chi connectivity index (χ1v) is 5.91. The van der Waals surface area contributed by atoms with Crippen molar-refractivity contribution in [3.63, 3.8) is 0 Å². The van der Waals surface area contributed by atoms with E-state index in [-0.39, 0.29) is 6.03 Å². The lowest BCUT2D eigenvalue weighted by atomic mass is 10.3. The van der Waals surface area contributed by atoms with Crippen LogP contribution in [-0.2, 0) is 0 Å². The minimum Gasteiger partial charge on any atom is -0.399 e. The van der Waals surface area contributed by atoms with E-state index < -0.39 is 0 Å². The topological polar surface area (TPSA) is 93.2 Å². The Balaban J connectivity index is 2.01. The van der Waals surface area contributed by atoms with Crippen LogP contribution in [0.25, 0.3) is 0 Å². The third-order valence-electron chi connectivity index (χ3n) is 2.43. The van der Waals surface area contributed by atoms with E-state index in [1.54, 1.807) is 42.5 Å². The second kappa shape index (κ2) is 5.49. The van der Waals surface area contributed by atoms with Crippen LogP contribution in [0.5, 0.6) is 0 Å². The molecule has 0 saturated heterocycles.